The average Bonchev–Trinajstić information content (AvgIpc) is 3.13. The van der Waals surface area contributed by atoms with E-state index in [1.165, 1.54) is 6.26 Å². The van der Waals surface area contributed by atoms with E-state index < -0.39 is 0 Å². The molecule has 1 aromatic heterocycles. The zero-order valence-electron chi connectivity index (χ0n) is 16.1. The molecule has 0 saturated carbocycles. The van der Waals surface area contributed by atoms with Gasteiger partial charge in [-0.25, -0.2) is 0 Å². The van der Waals surface area contributed by atoms with Crippen molar-refractivity contribution in [3.8, 4) is 11.5 Å². The highest BCUT2D eigenvalue weighted by Crippen LogP contribution is 2.30. The molecule has 1 N–H and O–H groups in total. The molecule has 0 aliphatic rings. The van der Waals surface area contributed by atoms with Crippen LogP contribution in [0.25, 0.3) is 0 Å². The largest absolute Gasteiger partial charge is 0.493 e. The molecule has 0 spiro atoms. The number of amides is 1. The minimum atomic E-state index is -0.308. The SMILES string of the molecule is COc1ccc(NC(=O)c2ccco2)cc1OCCN(C(C)C)C(C)C. The van der Waals surface area contributed by atoms with Gasteiger partial charge in [0.2, 0.25) is 0 Å². The molecule has 1 heterocycles. The van der Waals surface area contributed by atoms with Crippen LogP contribution in [0.4, 0.5) is 5.69 Å². The van der Waals surface area contributed by atoms with E-state index in [1.54, 1.807) is 37.4 Å². The number of nitrogens with one attached hydrogen (secondary N) is 1. The molecule has 6 nitrogen and oxygen atoms in total. The van der Waals surface area contributed by atoms with Gasteiger partial charge in [-0.2, -0.15) is 0 Å². The molecule has 0 radical (unpaired) electrons. The van der Waals surface area contributed by atoms with Crippen molar-refractivity contribution in [2.75, 3.05) is 25.6 Å². The molecule has 0 fully saturated rings. The summed E-state index contributed by atoms with van der Waals surface area (Å²) in [6.45, 7) is 10.0. The van der Waals surface area contributed by atoms with Crippen molar-refractivity contribution < 1.29 is 18.7 Å². The standard InChI is InChI=1S/C20H28N2O4/c1-14(2)22(15(3)4)10-12-26-19-13-16(8-9-17(19)24-5)21-20(23)18-7-6-11-25-18/h6-9,11,13-15H,10,12H2,1-5H3,(H,21,23). The molecule has 2 rings (SSSR count). The fourth-order valence-electron chi connectivity index (χ4n) is 2.84. The smallest absolute Gasteiger partial charge is 0.291 e. The minimum absolute atomic E-state index is 0.257. The lowest BCUT2D eigenvalue weighted by Crippen LogP contribution is -2.39. The molecule has 0 aliphatic heterocycles. The second kappa shape index (κ2) is 9.29. The molecular formula is C20H28N2O4. The Bertz CT molecular complexity index is 688. The molecule has 0 aliphatic carbocycles. The van der Waals surface area contributed by atoms with Gasteiger partial charge < -0.3 is 19.2 Å². The lowest BCUT2D eigenvalue weighted by atomic mass is 10.2. The molecule has 0 atom stereocenters. The summed E-state index contributed by atoms with van der Waals surface area (Å²) in [6.07, 6.45) is 1.46. The third-order valence-corrected chi connectivity index (χ3v) is 4.10. The fourth-order valence-corrected chi connectivity index (χ4v) is 2.84. The quantitative estimate of drug-likeness (QED) is 0.731. The van der Waals surface area contributed by atoms with Gasteiger partial charge in [0.25, 0.3) is 5.91 Å². The van der Waals surface area contributed by atoms with Gasteiger partial charge in [0.15, 0.2) is 17.3 Å². The van der Waals surface area contributed by atoms with Crippen LogP contribution >= 0.6 is 0 Å². The summed E-state index contributed by atoms with van der Waals surface area (Å²) in [6, 6.07) is 9.47. The van der Waals surface area contributed by atoms with E-state index in [0.717, 1.165) is 6.54 Å². The van der Waals surface area contributed by atoms with Crippen molar-refractivity contribution >= 4 is 11.6 Å². The zero-order chi connectivity index (χ0) is 19.1. The van der Waals surface area contributed by atoms with Gasteiger partial charge in [-0.1, -0.05) is 0 Å². The number of hydrogen-bond acceptors (Lipinski definition) is 5. The molecule has 142 valence electrons. The fraction of sp³-hybridized carbons (Fsp3) is 0.450. The van der Waals surface area contributed by atoms with Crippen molar-refractivity contribution in [1.82, 2.24) is 4.90 Å². The Kier molecular flexibility index (Phi) is 7.09. The monoisotopic (exact) mass is 360 g/mol. The Balaban J connectivity index is 2.03. The number of carbonyl (C=O) groups is 1. The van der Waals surface area contributed by atoms with Crippen LogP contribution in [0, 0.1) is 0 Å². The second-order valence-corrected chi connectivity index (χ2v) is 6.57. The van der Waals surface area contributed by atoms with E-state index in [9.17, 15) is 4.79 Å². The number of carbonyl (C=O) groups excluding carboxylic acids is 1. The number of ether oxygens (including phenoxy) is 2. The van der Waals surface area contributed by atoms with Gasteiger partial charge in [-0.3, -0.25) is 9.69 Å². The molecular weight excluding hydrogens is 332 g/mol. The summed E-state index contributed by atoms with van der Waals surface area (Å²) >= 11 is 0. The number of methoxy groups -OCH3 is 1. The number of benzene rings is 1. The Labute approximate surface area is 155 Å². The van der Waals surface area contributed by atoms with Gasteiger partial charge >= 0.3 is 0 Å². The van der Waals surface area contributed by atoms with Crippen LogP contribution in [-0.4, -0.2) is 43.2 Å². The van der Waals surface area contributed by atoms with Gasteiger partial charge in [-0.15, -0.1) is 0 Å². The second-order valence-electron chi connectivity index (χ2n) is 6.57. The number of anilines is 1. The minimum Gasteiger partial charge on any atom is -0.493 e. The van der Waals surface area contributed by atoms with E-state index in [1.807, 2.05) is 0 Å². The maximum Gasteiger partial charge on any atom is 0.291 e. The highest BCUT2D eigenvalue weighted by Gasteiger charge is 2.15. The van der Waals surface area contributed by atoms with Crippen molar-refractivity contribution in [2.45, 2.75) is 39.8 Å². The average molecular weight is 360 g/mol. The van der Waals surface area contributed by atoms with Crippen molar-refractivity contribution in [3.05, 3.63) is 42.4 Å². The summed E-state index contributed by atoms with van der Waals surface area (Å²) in [5.41, 5.74) is 0.617. The van der Waals surface area contributed by atoms with Crippen molar-refractivity contribution in [3.63, 3.8) is 0 Å². The summed E-state index contributed by atoms with van der Waals surface area (Å²) in [4.78, 5) is 14.5. The topological polar surface area (TPSA) is 63.9 Å². The van der Waals surface area contributed by atoms with E-state index in [2.05, 4.69) is 37.9 Å². The van der Waals surface area contributed by atoms with E-state index in [4.69, 9.17) is 13.9 Å². The van der Waals surface area contributed by atoms with Crippen LogP contribution in [0.2, 0.25) is 0 Å². The van der Waals surface area contributed by atoms with Gasteiger partial charge in [0.1, 0.15) is 6.61 Å². The molecule has 0 saturated heterocycles. The summed E-state index contributed by atoms with van der Waals surface area (Å²) in [5.74, 6) is 1.17. The normalized spacial score (nSPS) is 11.2. The predicted molar refractivity (Wildman–Crippen MR) is 102 cm³/mol. The van der Waals surface area contributed by atoms with Gasteiger partial charge in [0, 0.05) is 30.4 Å². The highest BCUT2D eigenvalue weighted by atomic mass is 16.5. The zero-order valence-corrected chi connectivity index (χ0v) is 16.1. The molecule has 1 amide bonds. The third-order valence-electron chi connectivity index (χ3n) is 4.10. The molecule has 2 aromatic rings. The first kappa shape index (κ1) is 19.8. The summed E-state index contributed by atoms with van der Waals surface area (Å²) in [7, 11) is 1.60. The molecule has 1 aromatic carbocycles. The third kappa shape index (κ3) is 5.26. The maximum atomic E-state index is 12.1. The van der Waals surface area contributed by atoms with Crippen LogP contribution in [-0.2, 0) is 0 Å². The van der Waals surface area contributed by atoms with E-state index in [-0.39, 0.29) is 11.7 Å². The number of furan rings is 1. The molecule has 6 heteroatoms. The van der Waals surface area contributed by atoms with Crippen LogP contribution < -0.4 is 14.8 Å². The van der Waals surface area contributed by atoms with Crippen LogP contribution in [0.5, 0.6) is 11.5 Å². The van der Waals surface area contributed by atoms with Gasteiger partial charge in [-0.05, 0) is 52.0 Å². The van der Waals surface area contributed by atoms with Crippen LogP contribution in [0.3, 0.4) is 0 Å². The van der Waals surface area contributed by atoms with E-state index >= 15 is 0 Å². The van der Waals surface area contributed by atoms with E-state index in [0.29, 0.717) is 35.9 Å². The first-order valence-corrected chi connectivity index (χ1v) is 8.83. The summed E-state index contributed by atoms with van der Waals surface area (Å²) in [5, 5.41) is 2.79. The Morgan fingerprint density at radius 1 is 1.15 bits per heavy atom. The Morgan fingerprint density at radius 3 is 2.46 bits per heavy atom. The van der Waals surface area contributed by atoms with Crippen molar-refractivity contribution in [1.29, 1.82) is 0 Å². The summed E-state index contributed by atoms with van der Waals surface area (Å²) < 4.78 is 16.4. The van der Waals surface area contributed by atoms with Crippen LogP contribution in [0.1, 0.15) is 38.2 Å². The Hall–Kier alpha value is -2.47. The lowest BCUT2D eigenvalue weighted by Gasteiger charge is -2.30. The Morgan fingerprint density at radius 2 is 1.88 bits per heavy atom. The number of hydrogen-bond donors (Lipinski definition) is 1. The van der Waals surface area contributed by atoms with Crippen molar-refractivity contribution in [2.24, 2.45) is 0 Å². The predicted octanol–water partition coefficient (Wildman–Crippen LogP) is 4.04. The van der Waals surface area contributed by atoms with Crippen LogP contribution in [0.15, 0.2) is 41.0 Å². The molecule has 0 bridgehead atoms. The van der Waals surface area contributed by atoms with Gasteiger partial charge in [0.05, 0.1) is 13.4 Å². The lowest BCUT2D eigenvalue weighted by molar-refractivity contribution is 0.0996. The molecule has 26 heavy (non-hydrogen) atoms. The highest BCUT2D eigenvalue weighted by molar-refractivity contribution is 6.02. The maximum absolute atomic E-state index is 12.1. The number of nitrogens with zero attached hydrogens (tertiary/aromatic N) is 1. The first-order valence-electron chi connectivity index (χ1n) is 8.83. The first-order chi connectivity index (χ1) is 12.4. The molecule has 0 unspecified atom stereocenters. The number of rotatable bonds is 9.